The number of β-amino-alcohol motifs (C(OH)–C–C–N with tert-alkyl or cyclic N) is 1. The van der Waals surface area contributed by atoms with Crippen LogP contribution in [-0.2, 0) is 11.2 Å². The first kappa shape index (κ1) is 18.5. The standard InChI is InChI=1S/C20H31NO4/c1-23-19-8-7-15(13-20(19)24-2)10-12-25-18-6-4-3-5-17(18)21-11-9-16(22)14-21/h7-8,13,16-18,22H,3-6,9-12,14H2,1-2H3/t16-,17+,18?/m1/s1. The Morgan fingerprint density at radius 3 is 2.60 bits per heavy atom. The summed E-state index contributed by atoms with van der Waals surface area (Å²) in [6.45, 7) is 2.52. The summed E-state index contributed by atoms with van der Waals surface area (Å²) in [4.78, 5) is 2.44. The minimum Gasteiger partial charge on any atom is -0.493 e. The summed E-state index contributed by atoms with van der Waals surface area (Å²) in [5.74, 6) is 1.52. The van der Waals surface area contributed by atoms with Crippen LogP contribution in [0.5, 0.6) is 11.5 Å². The third kappa shape index (κ3) is 4.66. The molecule has 1 aromatic carbocycles. The fraction of sp³-hybridized carbons (Fsp3) is 0.700. The van der Waals surface area contributed by atoms with Crippen LogP contribution in [-0.4, -0.2) is 62.2 Å². The largest absolute Gasteiger partial charge is 0.493 e. The molecule has 0 amide bonds. The number of aliphatic hydroxyl groups is 1. The molecule has 2 aliphatic rings. The number of hydrogen-bond donors (Lipinski definition) is 1. The second-order valence-electron chi connectivity index (χ2n) is 7.14. The molecule has 1 aliphatic heterocycles. The first-order chi connectivity index (χ1) is 12.2. The third-order valence-corrected chi connectivity index (χ3v) is 5.50. The highest BCUT2D eigenvalue weighted by molar-refractivity contribution is 5.42. The second-order valence-corrected chi connectivity index (χ2v) is 7.14. The lowest BCUT2D eigenvalue weighted by Crippen LogP contribution is -2.46. The first-order valence-electron chi connectivity index (χ1n) is 9.46. The molecule has 1 N–H and O–H groups in total. The lowest BCUT2D eigenvalue weighted by atomic mass is 9.91. The van der Waals surface area contributed by atoms with Gasteiger partial charge in [-0.05, 0) is 43.4 Å². The molecule has 0 bridgehead atoms. The molecule has 1 aromatic rings. The number of likely N-dealkylation sites (tertiary alicyclic amines) is 1. The van der Waals surface area contributed by atoms with E-state index >= 15 is 0 Å². The minimum absolute atomic E-state index is 0.158. The van der Waals surface area contributed by atoms with Gasteiger partial charge in [-0.25, -0.2) is 0 Å². The molecule has 1 aliphatic carbocycles. The van der Waals surface area contributed by atoms with Crippen molar-refractivity contribution in [3.05, 3.63) is 23.8 Å². The fourth-order valence-corrected chi connectivity index (χ4v) is 4.12. The molecule has 2 fully saturated rings. The SMILES string of the molecule is COc1ccc(CCOC2CCCC[C@@H]2N2CC[C@@H](O)C2)cc1OC. The predicted octanol–water partition coefficient (Wildman–Crippen LogP) is 2.64. The van der Waals surface area contributed by atoms with Crippen molar-refractivity contribution in [3.63, 3.8) is 0 Å². The van der Waals surface area contributed by atoms with E-state index in [1.807, 2.05) is 12.1 Å². The second kappa shape index (κ2) is 8.88. The lowest BCUT2D eigenvalue weighted by Gasteiger charge is -2.37. The summed E-state index contributed by atoms with van der Waals surface area (Å²) < 4.78 is 16.9. The van der Waals surface area contributed by atoms with Crippen molar-refractivity contribution < 1.29 is 19.3 Å². The van der Waals surface area contributed by atoms with Crippen LogP contribution >= 0.6 is 0 Å². The van der Waals surface area contributed by atoms with E-state index in [1.54, 1.807) is 14.2 Å². The predicted molar refractivity (Wildman–Crippen MR) is 97.4 cm³/mol. The molecule has 0 aromatic heterocycles. The van der Waals surface area contributed by atoms with Crippen molar-refractivity contribution in [2.75, 3.05) is 33.9 Å². The van der Waals surface area contributed by atoms with Gasteiger partial charge in [0.15, 0.2) is 11.5 Å². The normalized spacial score (nSPS) is 27.4. The average Bonchev–Trinajstić information content (AvgIpc) is 3.08. The maximum absolute atomic E-state index is 9.83. The zero-order valence-corrected chi connectivity index (χ0v) is 15.4. The Kier molecular flexibility index (Phi) is 6.57. The topological polar surface area (TPSA) is 51.2 Å². The lowest BCUT2D eigenvalue weighted by molar-refractivity contribution is -0.0316. The molecule has 0 spiro atoms. The molecule has 140 valence electrons. The number of nitrogens with zero attached hydrogens (tertiary/aromatic N) is 1. The number of ether oxygens (including phenoxy) is 3. The zero-order valence-electron chi connectivity index (χ0n) is 15.4. The van der Waals surface area contributed by atoms with Crippen molar-refractivity contribution >= 4 is 0 Å². The number of methoxy groups -OCH3 is 2. The minimum atomic E-state index is -0.158. The molecule has 1 heterocycles. The van der Waals surface area contributed by atoms with Gasteiger partial charge in [0, 0.05) is 19.1 Å². The third-order valence-electron chi connectivity index (χ3n) is 5.50. The summed E-state index contributed by atoms with van der Waals surface area (Å²) in [5.41, 5.74) is 1.20. The molecular formula is C20H31NO4. The highest BCUT2D eigenvalue weighted by atomic mass is 16.5. The van der Waals surface area contributed by atoms with Crippen molar-refractivity contribution in [2.45, 2.75) is 56.8 Å². The Balaban J connectivity index is 1.53. The quantitative estimate of drug-likeness (QED) is 0.820. The van der Waals surface area contributed by atoms with Crippen molar-refractivity contribution in [1.82, 2.24) is 4.90 Å². The van der Waals surface area contributed by atoms with Crippen LogP contribution < -0.4 is 9.47 Å². The average molecular weight is 349 g/mol. The van der Waals surface area contributed by atoms with Gasteiger partial charge in [-0.3, -0.25) is 4.90 Å². The number of hydrogen-bond acceptors (Lipinski definition) is 5. The summed E-state index contributed by atoms with van der Waals surface area (Å²) in [7, 11) is 3.31. The number of benzene rings is 1. The molecule has 3 atom stereocenters. The van der Waals surface area contributed by atoms with Gasteiger partial charge in [0.2, 0.25) is 0 Å². The molecule has 3 rings (SSSR count). The summed E-state index contributed by atoms with van der Waals surface area (Å²) in [5, 5.41) is 9.83. The highest BCUT2D eigenvalue weighted by Gasteiger charge is 2.34. The van der Waals surface area contributed by atoms with Crippen LogP contribution in [0.25, 0.3) is 0 Å². The summed E-state index contributed by atoms with van der Waals surface area (Å²) in [6.07, 6.45) is 6.73. The number of aliphatic hydroxyl groups excluding tert-OH is 1. The first-order valence-corrected chi connectivity index (χ1v) is 9.46. The van der Waals surface area contributed by atoms with Crippen LogP contribution in [0.4, 0.5) is 0 Å². The number of rotatable bonds is 7. The van der Waals surface area contributed by atoms with Crippen LogP contribution in [0.2, 0.25) is 0 Å². The highest BCUT2D eigenvalue weighted by Crippen LogP contribution is 2.30. The van der Waals surface area contributed by atoms with E-state index in [1.165, 1.54) is 24.8 Å². The van der Waals surface area contributed by atoms with E-state index in [0.717, 1.165) is 43.9 Å². The summed E-state index contributed by atoms with van der Waals surface area (Å²) >= 11 is 0. The van der Waals surface area contributed by atoms with Gasteiger partial charge in [-0.15, -0.1) is 0 Å². The smallest absolute Gasteiger partial charge is 0.160 e. The van der Waals surface area contributed by atoms with Crippen LogP contribution in [0.3, 0.4) is 0 Å². The molecule has 1 unspecified atom stereocenters. The van der Waals surface area contributed by atoms with Gasteiger partial charge in [-0.2, -0.15) is 0 Å². The van der Waals surface area contributed by atoms with Gasteiger partial charge >= 0.3 is 0 Å². The molecule has 1 saturated carbocycles. The van der Waals surface area contributed by atoms with Gasteiger partial charge in [0.1, 0.15) is 0 Å². The Morgan fingerprint density at radius 1 is 1.08 bits per heavy atom. The van der Waals surface area contributed by atoms with E-state index < -0.39 is 0 Å². The van der Waals surface area contributed by atoms with E-state index in [9.17, 15) is 5.11 Å². The monoisotopic (exact) mass is 349 g/mol. The van der Waals surface area contributed by atoms with Crippen LogP contribution in [0.1, 0.15) is 37.7 Å². The zero-order chi connectivity index (χ0) is 17.6. The Hall–Kier alpha value is -1.30. The maximum atomic E-state index is 9.83. The molecule has 25 heavy (non-hydrogen) atoms. The molecule has 5 nitrogen and oxygen atoms in total. The van der Waals surface area contributed by atoms with Crippen LogP contribution in [0, 0.1) is 0 Å². The molecule has 0 radical (unpaired) electrons. The van der Waals surface area contributed by atoms with E-state index in [0.29, 0.717) is 18.8 Å². The van der Waals surface area contributed by atoms with E-state index in [2.05, 4.69) is 11.0 Å². The molecule has 5 heteroatoms. The Bertz CT molecular complexity index is 550. The van der Waals surface area contributed by atoms with E-state index in [4.69, 9.17) is 14.2 Å². The van der Waals surface area contributed by atoms with Gasteiger partial charge in [0.05, 0.1) is 33.0 Å². The summed E-state index contributed by atoms with van der Waals surface area (Å²) in [6, 6.07) is 6.51. The Morgan fingerprint density at radius 2 is 1.88 bits per heavy atom. The van der Waals surface area contributed by atoms with Crippen molar-refractivity contribution in [3.8, 4) is 11.5 Å². The maximum Gasteiger partial charge on any atom is 0.160 e. The van der Waals surface area contributed by atoms with Gasteiger partial charge in [-0.1, -0.05) is 18.9 Å². The van der Waals surface area contributed by atoms with E-state index in [-0.39, 0.29) is 6.10 Å². The van der Waals surface area contributed by atoms with Crippen molar-refractivity contribution in [2.24, 2.45) is 0 Å². The van der Waals surface area contributed by atoms with Crippen molar-refractivity contribution in [1.29, 1.82) is 0 Å². The Labute approximate surface area is 150 Å². The molecule has 1 saturated heterocycles. The van der Waals surface area contributed by atoms with Gasteiger partial charge in [0.25, 0.3) is 0 Å². The van der Waals surface area contributed by atoms with Crippen LogP contribution in [0.15, 0.2) is 18.2 Å². The molecular weight excluding hydrogens is 318 g/mol. The fourth-order valence-electron chi connectivity index (χ4n) is 4.12. The van der Waals surface area contributed by atoms with Gasteiger partial charge < -0.3 is 19.3 Å².